The van der Waals surface area contributed by atoms with Crippen molar-refractivity contribution in [2.75, 3.05) is 6.61 Å². The molecule has 1 aliphatic heterocycles. The molecule has 0 unspecified atom stereocenters. The van der Waals surface area contributed by atoms with Gasteiger partial charge in [0.15, 0.2) is 6.61 Å². The number of aryl methyl sites for hydroxylation is 1. The third-order valence-corrected chi connectivity index (χ3v) is 5.68. The van der Waals surface area contributed by atoms with Crippen molar-refractivity contribution in [3.63, 3.8) is 0 Å². The van der Waals surface area contributed by atoms with Crippen LogP contribution in [0.2, 0.25) is 0 Å². The van der Waals surface area contributed by atoms with Crippen LogP contribution < -0.4 is 10.0 Å². The lowest BCUT2D eigenvalue weighted by atomic mass is 10.1. The van der Waals surface area contributed by atoms with E-state index in [0.29, 0.717) is 12.1 Å². The molecular formula is C20H21N3O5S. The van der Waals surface area contributed by atoms with Crippen molar-refractivity contribution in [1.82, 2.24) is 10.0 Å². The fraction of sp³-hybridized carbons (Fsp3) is 0.250. The van der Waals surface area contributed by atoms with Gasteiger partial charge in [-0.3, -0.25) is 14.5 Å². The van der Waals surface area contributed by atoms with Gasteiger partial charge in [0.2, 0.25) is 0 Å². The molecule has 2 aromatic carbocycles. The number of sulfonamides is 1. The predicted molar refractivity (Wildman–Crippen MR) is 107 cm³/mol. The molecule has 1 aliphatic rings. The maximum atomic E-state index is 12.1. The third-order valence-electron chi connectivity index (χ3n) is 4.28. The Kier molecular flexibility index (Phi) is 5.97. The van der Waals surface area contributed by atoms with Gasteiger partial charge in [0.05, 0.1) is 4.90 Å². The highest BCUT2D eigenvalue weighted by atomic mass is 32.2. The number of nitrogens with zero attached hydrogens (tertiary/aromatic N) is 1. The SMILES string of the molecule is Cc1ccc(CNC(=O)COC(=O)[C@H](C)N=C2NS(=O)(=O)c3ccccc32)cc1. The van der Waals surface area contributed by atoms with Crippen LogP contribution in [-0.2, 0) is 30.9 Å². The molecule has 0 spiro atoms. The second kappa shape index (κ2) is 8.44. The van der Waals surface area contributed by atoms with Crippen molar-refractivity contribution >= 4 is 27.7 Å². The van der Waals surface area contributed by atoms with E-state index in [4.69, 9.17) is 4.74 Å². The number of fused-ring (bicyclic) bond motifs is 1. The largest absolute Gasteiger partial charge is 0.454 e. The minimum atomic E-state index is -3.69. The van der Waals surface area contributed by atoms with Crippen LogP contribution in [0.15, 0.2) is 58.4 Å². The third kappa shape index (κ3) is 5.00. The van der Waals surface area contributed by atoms with E-state index in [1.807, 2.05) is 31.2 Å². The fourth-order valence-corrected chi connectivity index (χ4v) is 3.93. The summed E-state index contributed by atoms with van der Waals surface area (Å²) in [5.74, 6) is -1.09. The molecule has 0 saturated carbocycles. The quantitative estimate of drug-likeness (QED) is 0.690. The first-order valence-electron chi connectivity index (χ1n) is 8.95. The van der Waals surface area contributed by atoms with Crippen LogP contribution in [0.4, 0.5) is 0 Å². The lowest BCUT2D eigenvalue weighted by molar-refractivity contribution is -0.149. The first kappa shape index (κ1) is 20.5. The lowest BCUT2D eigenvalue weighted by Gasteiger charge is -2.10. The summed E-state index contributed by atoms with van der Waals surface area (Å²) >= 11 is 0. The van der Waals surface area contributed by atoms with E-state index < -0.39 is 34.5 Å². The standard InChI is InChI=1S/C20H21N3O5S/c1-13-7-9-15(10-8-13)11-21-18(24)12-28-20(25)14(2)22-19-16-5-3-4-6-17(16)29(26,27)23-19/h3-10,14H,11-12H2,1-2H3,(H,21,24)(H,22,23)/t14-/m0/s1. The van der Waals surface area contributed by atoms with Gasteiger partial charge in [0, 0.05) is 12.1 Å². The van der Waals surface area contributed by atoms with Crippen LogP contribution >= 0.6 is 0 Å². The number of carbonyl (C=O) groups is 2. The molecule has 2 N–H and O–H groups in total. The molecule has 0 bridgehead atoms. The van der Waals surface area contributed by atoms with Gasteiger partial charge in [-0.1, -0.05) is 42.0 Å². The summed E-state index contributed by atoms with van der Waals surface area (Å²) < 4.78 is 31.5. The van der Waals surface area contributed by atoms with Crippen LogP contribution in [-0.4, -0.2) is 38.8 Å². The van der Waals surface area contributed by atoms with Gasteiger partial charge in [-0.15, -0.1) is 0 Å². The predicted octanol–water partition coefficient (Wildman–Crippen LogP) is 1.28. The molecular weight excluding hydrogens is 394 g/mol. The number of ether oxygens (including phenoxy) is 1. The summed E-state index contributed by atoms with van der Waals surface area (Å²) in [6.07, 6.45) is 0. The average Bonchev–Trinajstić information content (AvgIpc) is 2.96. The van der Waals surface area contributed by atoms with Gasteiger partial charge in [-0.25, -0.2) is 13.2 Å². The van der Waals surface area contributed by atoms with Gasteiger partial charge >= 0.3 is 5.97 Å². The molecule has 0 radical (unpaired) electrons. The number of benzene rings is 2. The number of nitrogens with one attached hydrogen (secondary N) is 2. The topological polar surface area (TPSA) is 114 Å². The second-order valence-corrected chi connectivity index (χ2v) is 8.28. The van der Waals surface area contributed by atoms with Crippen molar-refractivity contribution in [2.24, 2.45) is 4.99 Å². The highest BCUT2D eigenvalue weighted by molar-refractivity contribution is 7.90. The number of hydrogen-bond donors (Lipinski definition) is 2. The molecule has 0 saturated heterocycles. The van der Waals surface area contributed by atoms with E-state index in [0.717, 1.165) is 11.1 Å². The zero-order chi connectivity index (χ0) is 21.0. The Hall–Kier alpha value is -3.20. The molecule has 0 fully saturated rings. The van der Waals surface area contributed by atoms with Gasteiger partial charge in [-0.2, -0.15) is 0 Å². The van der Waals surface area contributed by atoms with Crippen LogP contribution in [0.3, 0.4) is 0 Å². The Bertz CT molecular complexity index is 1060. The molecule has 1 heterocycles. The second-order valence-electron chi connectivity index (χ2n) is 6.63. The van der Waals surface area contributed by atoms with Crippen molar-refractivity contribution in [1.29, 1.82) is 0 Å². The Balaban J connectivity index is 1.54. The average molecular weight is 415 g/mol. The van der Waals surface area contributed by atoms with E-state index in [2.05, 4.69) is 15.0 Å². The maximum Gasteiger partial charge on any atom is 0.331 e. The summed E-state index contributed by atoms with van der Waals surface area (Å²) in [5.41, 5.74) is 2.45. The van der Waals surface area contributed by atoms with Crippen LogP contribution in [0.5, 0.6) is 0 Å². The molecule has 152 valence electrons. The van der Waals surface area contributed by atoms with Crippen molar-refractivity contribution in [2.45, 2.75) is 31.3 Å². The fourth-order valence-electron chi connectivity index (χ4n) is 2.69. The minimum absolute atomic E-state index is 0.0777. The number of rotatable bonds is 6. The summed E-state index contributed by atoms with van der Waals surface area (Å²) in [7, 11) is -3.69. The molecule has 9 heteroatoms. The van der Waals surface area contributed by atoms with Crippen LogP contribution in [0.25, 0.3) is 0 Å². The minimum Gasteiger partial charge on any atom is -0.454 e. The number of amides is 1. The summed E-state index contributed by atoms with van der Waals surface area (Å²) in [5, 5.41) is 2.67. The van der Waals surface area contributed by atoms with Gasteiger partial charge < -0.3 is 10.1 Å². The Morgan fingerprint density at radius 2 is 1.83 bits per heavy atom. The van der Waals surface area contributed by atoms with Crippen molar-refractivity contribution in [3.05, 3.63) is 65.2 Å². The van der Waals surface area contributed by atoms with Gasteiger partial charge in [0.1, 0.15) is 11.9 Å². The zero-order valence-corrected chi connectivity index (χ0v) is 16.8. The van der Waals surface area contributed by atoms with Crippen molar-refractivity contribution in [3.8, 4) is 0 Å². The number of hydrogen-bond acceptors (Lipinski definition) is 6. The highest BCUT2D eigenvalue weighted by Crippen LogP contribution is 2.22. The molecule has 1 atom stereocenters. The molecule has 0 aliphatic carbocycles. The number of amidine groups is 1. The smallest absolute Gasteiger partial charge is 0.331 e. The molecule has 0 aromatic heterocycles. The lowest BCUT2D eigenvalue weighted by Crippen LogP contribution is -2.31. The van der Waals surface area contributed by atoms with Crippen molar-refractivity contribution < 1.29 is 22.7 Å². The van der Waals surface area contributed by atoms with Gasteiger partial charge in [0.25, 0.3) is 15.9 Å². The normalized spacial score (nSPS) is 16.6. The molecule has 3 rings (SSSR count). The monoisotopic (exact) mass is 415 g/mol. The zero-order valence-electron chi connectivity index (χ0n) is 16.0. The summed E-state index contributed by atoms with van der Waals surface area (Å²) in [4.78, 5) is 28.2. The van der Waals surface area contributed by atoms with Crippen LogP contribution in [0.1, 0.15) is 23.6 Å². The first-order chi connectivity index (χ1) is 13.8. The first-order valence-corrected chi connectivity index (χ1v) is 10.4. The van der Waals surface area contributed by atoms with E-state index in [9.17, 15) is 18.0 Å². The number of aliphatic imine (C=N–C) groups is 1. The molecule has 1 amide bonds. The van der Waals surface area contributed by atoms with E-state index in [1.54, 1.807) is 18.2 Å². The van der Waals surface area contributed by atoms with Crippen LogP contribution in [0, 0.1) is 6.92 Å². The van der Waals surface area contributed by atoms with E-state index in [1.165, 1.54) is 13.0 Å². The van der Waals surface area contributed by atoms with Gasteiger partial charge in [-0.05, 0) is 31.5 Å². The Morgan fingerprint density at radius 3 is 2.55 bits per heavy atom. The van der Waals surface area contributed by atoms with E-state index in [-0.39, 0.29) is 10.7 Å². The molecule has 29 heavy (non-hydrogen) atoms. The molecule has 8 nitrogen and oxygen atoms in total. The Morgan fingerprint density at radius 1 is 1.14 bits per heavy atom. The Labute approximate surface area is 169 Å². The maximum absolute atomic E-state index is 12.1. The molecule has 2 aromatic rings. The number of carbonyl (C=O) groups excluding carboxylic acids is 2. The highest BCUT2D eigenvalue weighted by Gasteiger charge is 2.31. The number of esters is 1. The summed E-state index contributed by atoms with van der Waals surface area (Å²) in [6.45, 7) is 3.32. The summed E-state index contributed by atoms with van der Waals surface area (Å²) in [6, 6.07) is 13.1. The van der Waals surface area contributed by atoms with E-state index >= 15 is 0 Å².